The Bertz CT molecular complexity index is 2490. The van der Waals surface area contributed by atoms with Gasteiger partial charge in [-0.05, 0) is 90.2 Å². The molecule has 9 aromatic rings. The van der Waals surface area contributed by atoms with Gasteiger partial charge in [0.25, 0.3) is 0 Å². The van der Waals surface area contributed by atoms with E-state index in [-0.39, 0.29) is 0 Å². The maximum absolute atomic E-state index is 2.45. The number of hydrogen-bond donors (Lipinski definition) is 0. The summed E-state index contributed by atoms with van der Waals surface area (Å²) in [5, 5.41) is 5.07. The zero-order chi connectivity index (χ0) is 30.6. The van der Waals surface area contributed by atoms with Gasteiger partial charge in [0.15, 0.2) is 0 Å². The zero-order valence-corrected chi connectivity index (χ0v) is 26.2. The van der Waals surface area contributed by atoms with Gasteiger partial charge in [-0.2, -0.15) is 0 Å². The lowest BCUT2D eigenvalue weighted by molar-refractivity contribution is 1.19. The highest BCUT2D eigenvalue weighted by Gasteiger charge is 2.20. The van der Waals surface area contributed by atoms with Crippen LogP contribution in [0, 0.1) is 6.92 Å². The summed E-state index contributed by atoms with van der Waals surface area (Å²) in [7, 11) is 0. The van der Waals surface area contributed by atoms with Gasteiger partial charge in [0.05, 0.1) is 21.4 Å². The first-order valence-corrected chi connectivity index (χ1v) is 16.5. The second kappa shape index (κ2) is 10.8. The van der Waals surface area contributed by atoms with Crippen LogP contribution >= 0.6 is 11.3 Å². The Labute approximate surface area is 272 Å². The van der Waals surface area contributed by atoms with E-state index in [1.54, 1.807) is 0 Å². The Morgan fingerprint density at radius 3 is 1.93 bits per heavy atom. The summed E-state index contributed by atoms with van der Waals surface area (Å²) < 4.78 is 5.11. The Hall–Kier alpha value is -5.64. The second-order valence-electron chi connectivity index (χ2n) is 11.9. The van der Waals surface area contributed by atoms with Crippen molar-refractivity contribution in [1.82, 2.24) is 4.57 Å². The maximum Gasteiger partial charge on any atom is 0.0727 e. The fraction of sp³-hybridized carbons (Fsp3) is 0.0233. The van der Waals surface area contributed by atoms with E-state index in [4.69, 9.17) is 0 Å². The van der Waals surface area contributed by atoms with Gasteiger partial charge in [0.2, 0.25) is 0 Å². The third kappa shape index (κ3) is 4.24. The van der Waals surface area contributed by atoms with Gasteiger partial charge in [-0.1, -0.05) is 103 Å². The summed E-state index contributed by atoms with van der Waals surface area (Å²) >= 11 is 1.90. The SMILES string of the molecule is Cc1ccc2sc3c4cc(-c5cccc6c(N(c7ccccc7)c7ccccc7)cccc56)ccc4n(-c4ccccc4)c3c2c1. The summed E-state index contributed by atoms with van der Waals surface area (Å²) in [6.07, 6.45) is 0. The zero-order valence-electron chi connectivity index (χ0n) is 25.4. The monoisotopic (exact) mass is 606 g/mol. The molecule has 0 radical (unpaired) electrons. The normalized spacial score (nSPS) is 11.6. The van der Waals surface area contributed by atoms with Crippen molar-refractivity contribution in [1.29, 1.82) is 0 Å². The molecule has 0 fully saturated rings. The summed E-state index contributed by atoms with van der Waals surface area (Å²) in [6, 6.07) is 59.3. The van der Waals surface area contributed by atoms with E-state index in [1.165, 1.54) is 64.4 Å². The molecule has 0 aliphatic rings. The van der Waals surface area contributed by atoms with Crippen LogP contribution in [0.2, 0.25) is 0 Å². The van der Waals surface area contributed by atoms with Gasteiger partial charge in [-0.15, -0.1) is 11.3 Å². The Balaban J connectivity index is 1.28. The molecule has 2 nitrogen and oxygen atoms in total. The molecule has 9 rings (SSSR count). The van der Waals surface area contributed by atoms with Crippen molar-refractivity contribution < 1.29 is 0 Å². The summed E-state index contributed by atoms with van der Waals surface area (Å²) in [5.41, 5.74) is 10.9. The second-order valence-corrected chi connectivity index (χ2v) is 12.9. The molecule has 0 aliphatic carbocycles. The molecule has 2 heterocycles. The molecule has 0 N–H and O–H groups in total. The molecule has 0 unspecified atom stereocenters. The van der Waals surface area contributed by atoms with Crippen molar-refractivity contribution in [3.05, 3.63) is 169 Å². The topological polar surface area (TPSA) is 8.17 Å². The number of rotatable bonds is 5. The standard InChI is InChI=1S/C43H30N2S/c1-29-23-26-41-38(27-29)42-43(46-41)37-28-30(24-25-40(37)45(42)33-17-9-4-10-18-33)34-19-11-21-36-35(34)20-12-22-39(36)44(31-13-5-2-6-14-31)32-15-7-3-8-16-32/h2-28H,1H3. The van der Waals surface area contributed by atoms with Crippen molar-refractivity contribution in [2.75, 3.05) is 4.90 Å². The molecule has 0 amide bonds. The van der Waals surface area contributed by atoms with Gasteiger partial charge >= 0.3 is 0 Å². The lowest BCUT2D eigenvalue weighted by atomic mass is 9.96. The minimum absolute atomic E-state index is 1.14. The summed E-state index contributed by atoms with van der Waals surface area (Å²) in [6.45, 7) is 2.18. The van der Waals surface area contributed by atoms with Crippen LogP contribution in [-0.2, 0) is 0 Å². The van der Waals surface area contributed by atoms with E-state index in [9.17, 15) is 0 Å². The Morgan fingerprint density at radius 1 is 0.522 bits per heavy atom. The van der Waals surface area contributed by atoms with Crippen molar-refractivity contribution in [3.63, 3.8) is 0 Å². The molecule has 3 heteroatoms. The number of anilines is 3. The van der Waals surface area contributed by atoms with Crippen molar-refractivity contribution >= 4 is 70.4 Å². The molecule has 2 aromatic heterocycles. The number of aryl methyl sites for hydroxylation is 1. The predicted octanol–water partition coefficient (Wildman–Crippen LogP) is 12.6. The van der Waals surface area contributed by atoms with Crippen molar-refractivity contribution in [2.24, 2.45) is 0 Å². The third-order valence-electron chi connectivity index (χ3n) is 9.02. The average molecular weight is 607 g/mol. The molecule has 218 valence electrons. The van der Waals surface area contributed by atoms with E-state index < -0.39 is 0 Å². The number of fused-ring (bicyclic) bond motifs is 6. The lowest BCUT2D eigenvalue weighted by Gasteiger charge is -2.27. The van der Waals surface area contributed by atoms with Crippen LogP contribution in [0.15, 0.2) is 164 Å². The first kappa shape index (κ1) is 26.7. The van der Waals surface area contributed by atoms with E-state index >= 15 is 0 Å². The minimum atomic E-state index is 1.14. The highest BCUT2D eigenvalue weighted by atomic mass is 32.1. The highest BCUT2D eigenvalue weighted by Crippen LogP contribution is 2.45. The van der Waals surface area contributed by atoms with Crippen LogP contribution in [0.1, 0.15) is 5.56 Å². The minimum Gasteiger partial charge on any atom is -0.310 e. The highest BCUT2D eigenvalue weighted by molar-refractivity contribution is 7.26. The van der Waals surface area contributed by atoms with Crippen molar-refractivity contribution in [2.45, 2.75) is 6.92 Å². The van der Waals surface area contributed by atoms with Crippen LogP contribution in [-0.4, -0.2) is 4.57 Å². The fourth-order valence-corrected chi connectivity index (χ4v) is 8.16. The molecule has 0 saturated heterocycles. The van der Waals surface area contributed by atoms with Crippen LogP contribution < -0.4 is 4.90 Å². The fourth-order valence-electron chi connectivity index (χ4n) is 6.97. The molecule has 0 saturated carbocycles. The molecule has 0 spiro atoms. The predicted molar refractivity (Wildman–Crippen MR) is 199 cm³/mol. The first-order valence-electron chi connectivity index (χ1n) is 15.7. The molecule has 0 atom stereocenters. The number of benzene rings is 7. The van der Waals surface area contributed by atoms with E-state index in [0.717, 1.165) is 17.1 Å². The molecular weight excluding hydrogens is 577 g/mol. The lowest BCUT2D eigenvalue weighted by Crippen LogP contribution is -2.10. The Morgan fingerprint density at radius 2 is 1.20 bits per heavy atom. The van der Waals surface area contributed by atoms with Crippen LogP contribution in [0.4, 0.5) is 17.1 Å². The van der Waals surface area contributed by atoms with Gasteiger partial charge in [-0.3, -0.25) is 0 Å². The number of hydrogen-bond acceptors (Lipinski definition) is 2. The van der Waals surface area contributed by atoms with E-state index in [1.807, 2.05) is 11.3 Å². The molecule has 0 aliphatic heterocycles. The van der Waals surface area contributed by atoms with E-state index in [0.29, 0.717) is 0 Å². The Kier molecular flexibility index (Phi) is 6.25. The average Bonchev–Trinajstić information content (AvgIpc) is 3.63. The van der Waals surface area contributed by atoms with Crippen LogP contribution in [0.25, 0.3) is 58.8 Å². The maximum atomic E-state index is 2.45. The number of nitrogens with zero attached hydrogens (tertiary/aromatic N) is 2. The summed E-state index contributed by atoms with van der Waals surface area (Å²) in [5.74, 6) is 0. The van der Waals surface area contributed by atoms with Gasteiger partial charge in [-0.25, -0.2) is 0 Å². The molecule has 7 aromatic carbocycles. The molecule has 0 bridgehead atoms. The quantitative estimate of drug-likeness (QED) is 0.189. The summed E-state index contributed by atoms with van der Waals surface area (Å²) in [4.78, 5) is 2.36. The molecular formula is C43H30N2S. The smallest absolute Gasteiger partial charge is 0.0727 e. The number of thiophene rings is 1. The van der Waals surface area contributed by atoms with Gasteiger partial charge < -0.3 is 9.47 Å². The molecule has 46 heavy (non-hydrogen) atoms. The van der Waals surface area contributed by atoms with E-state index in [2.05, 4.69) is 180 Å². The van der Waals surface area contributed by atoms with Crippen LogP contribution in [0.3, 0.4) is 0 Å². The first-order chi connectivity index (χ1) is 22.7. The van der Waals surface area contributed by atoms with Gasteiger partial charge in [0, 0.05) is 37.9 Å². The number of aromatic nitrogens is 1. The number of para-hydroxylation sites is 3. The van der Waals surface area contributed by atoms with Crippen molar-refractivity contribution in [3.8, 4) is 16.8 Å². The van der Waals surface area contributed by atoms with Crippen LogP contribution in [0.5, 0.6) is 0 Å². The van der Waals surface area contributed by atoms with Gasteiger partial charge in [0.1, 0.15) is 0 Å². The largest absolute Gasteiger partial charge is 0.310 e. The third-order valence-corrected chi connectivity index (χ3v) is 10.2.